The molecule has 0 aliphatic carbocycles. The first kappa shape index (κ1) is 16.6. The van der Waals surface area contributed by atoms with Crippen molar-refractivity contribution >= 4 is 17.8 Å². The minimum Gasteiger partial charge on any atom is -0.451 e. The van der Waals surface area contributed by atoms with E-state index in [9.17, 15) is 27.6 Å². The topological polar surface area (TPSA) is 91.7 Å². The number of imide groups is 1. The smallest absolute Gasteiger partial charge is 0.416 e. The monoisotopic (exact) mass is 353 g/mol. The molecule has 10 heteroatoms. The average Bonchev–Trinajstić information content (AvgIpc) is 3.14. The van der Waals surface area contributed by atoms with Crippen molar-refractivity contribution < 1.29 is 32.0 Å². The van der Waals surface area contributed by atoms with Gasteiger partial charge < -0.3 is 4.42 Å². The first-order valence-corrected chi connectivity index (χ1v) is 6.94. The summed E-state index contributed by atoms with van der Waals surface area (Å²) < 4.78 is 43.5. The fraction of sp³-hybridized carbons (Fsp3) is 0.133. The molecule has 1 fully saturated rings. The van der Waals surface area contributed by atoms with Crippen molar-refractivity contribution in [2.75, 3.05) is 6.54 Å². The number of rotatable bonds is 3. The summed E-state index contributed by atoms with van der Waals surface area (Å²) in [7, 11) is 0. The molecule has 1 saturated heterocycles. The van der Waals surface area contributed by atoms with Gasteiger partial charge in [-0.2, -0.15) is 13.2 Å². The van der Waals surface area contributed by atoms with E-state index >= 15 is 0 Å². The minimum atomic E-state index is -4.50. The lowest BCUT2D eigenvalue weighted by atomic mass is 10.1. The van der Waals surface area contributed by atoms with Gasteiger partial charge in [0.05, 0.1) is 5.56 Å². The van der Waals surface area contributed by atoms with Crippen LogP contribution in [0.4, 0.5) is 18.0 Å². The van der Waals surface area contributed by atoms with Gasteiger partial charge in [-0.3, -0.25) is 20.3 Å². The summed E-state index contributed by atoms with van der Waals surface area (Å²) in [4.78, 5) is 34.4. The van der Waals surface area contributed by atoms with E-state index in [-0.39, 0.29) is 23.6 Å². The van der Waals surface area contributed by atoms with Crippen molar-refractivity contribution in [3.05, 3.63) is 47.7 Å². The average molecular weight is 353 g/mol. The number of hydrogen-bond acceptors (Lipinski definition) is 4. The van der Waals surface area contributed by atoms with Gasteiger partial charge in [-0.25, -0.2) is 9.80 Å². The second-order valence-corrected chi connectivity index (χ2v) is 5.12. The molecule has 1 aromatic carbocycles. The Morgan fingerprint density at radius 3 is 2.60 bits per heavy atom. The van der Waals surface area contributed by atoms with Crippen LogP contribution in [-0.4, -0.2) is 29.4 Å². The summed E-state index contributed by atoms with van der Waals surface area (Å²) in [6.45, 7) is -0.342. The second kappa shape index (κ2) is 5.96. The number of hydrazine groups is 1. The van der Waals surface area contributed by atoms with Crippen LogP contribution in [-0.2, 0) is 11.0 Å². The maximum Gasteiger partial charge on any atom is 0.416 e. The normalized spacial score (nSPS) is 14.6. The Labute approximate surface area is 138 Å². The van der Waals surface area contributed by atoms with Crippen molar-refractivity contribution in [2.45, 2.75) is 6.18 Å². The highest BCUT2D eigenvalue weighted by Crippen LogP contribution is 2.32. The number of benzene rings is 1. The van der Waals surface area contributed by atoms with Crippen LogP contribution in [0.25, 0.3) is 11.3 Å². The highest BCUT2D eigenvalue weighted by molar-refractivity contribution is 6.03. The standard InChI is InChI=1S/C15H10F3N3O4/c16-15(17,18)9-3-1-2-8(6-9)10-4-5-11(25-10)13(23)20-21-7-12(22)19-14(21)24/h1-6H,7H2,(H,20,23)(H,19,22,24). The number of alkyl halides is 3. The van der Waals surface area contributed by atoms with Crippen molar-refractivity contribution in [1.82, 2.24) is 15.8 Å². The molecule has 0 atom stereocenters. The number of nitrogens with one attached hydrogen (secondary N) is 2. The van der Waals surface area contributed by atoms with Crippen LogP contribution < -0.4 is 10.7 Å². The molecule has 7 nitrogen and oxygen atoms in total. The molecule has 0 bridgehead atoms. The molecule has 0 unspecified atom stereocenters. The molecule has 130 valence electrons. The SMILES string of the molecule is O=C1CN(NC(=O)c2ccc(-c3cccc(C(F)(F)F)c3)o2)C(=O)N1. The van der Waals surface area contributed by atoms with E-state index in [2.05, 4.69) is 5.43 Å². The van der Waals surface area contributed by atoms with Crippen molar-refractivity contribution in [1.29, 1.82) is 0 Å². The number of halogens is 3. The lowest BCUT2D eigenvalue weighted by Gasteiger charge is -2.13. The Kier molecular flexibility index (Phi) is 3.95. The summed E-state index contributed by atoms with van der Waals surface area (Å²) in [5.74, 6) is -1.56. The van der Waals surface area contributed by atoms with E-state index in [0.29, 0.717) is 0 Å². The number of amides is 4. The van der Waals surface area contributed by atoms with Crippen molar-refractivity contribution in [3.8, 4) is 11.3 Å². The van der Waals surface area contributed by atoms with Gasteiger partial charge in [-0.15, -0.1) is 0 Å². The van der Waals surface area contributed by atoms with Crippen LogP contribution in [0.3, 0.4) is 0 Å². The first-order chi connectivity index (χ1) is 11.7. The van der Waals surface area contributed by atoms with Gasteiger partial charge >= 0.3 is 18.1 Å². The summed E-state index contributed by atoms with van der Waals surface area (Å²) >= 11 is 0. The van der Waals surface area contributed by atoms with Gasteiger partial charge in [0, 0.05) is 5.56 Å². The van der Waals surface area contributed by atoms with Crippen LogP contribution in [0.5, 0.6) is 0 Å². The molecule has 2 N–H and O–H groups in total. The summed E-state index contributed by atoms with van der Waals surface area (Å²) in [5, 5.41) is 2.73. The van der Waals surface area contributed by atoms with E-state index in [4.69, 9.17) is 4.42 Å². The van der Waals surface area contributed by atoms with Gasteiger partial charge in [0.25, 0.3) is 0 Å². The zero-order chi connectivity index (χ0) is 18.2. The lowest BCUT2D eigenvalue weighted by Crippen LogP contribution is -2.44. The third-order valence-electron chi connectivity index (χ3n) is 3.33. The van der Waals surface area contributed by atoms with Gasteiger partial charge in [-0.05, 0) is 24.3 Å². The third-order valence-corrected chi connectivity index (χ3v) is 3.33. The zero-order valence-electron chi connectivity index (χ0n) is 12.4. The van der Waals surface area contributed by atoms with Crippen molar-refractivity contribution in [3.63, 3.8) is 0 Å². The summed E-state index contributed by atoms with van der Waals surface area (Å²) in [6, 6.07) is 6.24. The van der Waals surface area contributed by atoms with Gasteiger partial charge in [0.15, 0.2) is 5.76 Å². The quantitative estimate of drug-likeness (QED) is 0.828. The van der Waals surface area contributed by atoms with Crippen LogP contribution in [0.2, 0.25) is 0 Å². The largest absolute Gasteiger partial charge is 0.451 e. The molecule has 0 saturated carbocycles. The van der Waals surface area contributed by atoms with Crippen LogP contribution in [0, 0.1) is 0 Å². The Balaban J connectivity index is 1.77. The molecular formula is C15H10F3N3O4. The van der Waals surface area contributed by atoms with E-state index in [1.165, 1.54) is 24.3 Å². The molecule has 25 heavy (non-hydrogen) atoms. The number of urea groups is 1. The Morgan fingerprint density at radius 1 is 1.20 bits per heavy atom. The van der Waals surface area contributed by atoms with E-state index in [0.717, 1.165) is 17.1 Å². The number of nitrogens with zero attached hydrogens (tertiary/aromatic N) is 1. The van der Waals surface area contributed by atoms with Crippen LogP contribution in [0.1, 0.15) is 16.1 Å². The molecule has 3 rings (SSSR count). The maximum atomic E-state index is 12.7. The van der Waals surface area contributed by atoms with Crippen LogP contribution in [0.15, 0.2) is 40.8 Å². The summed E-state index contributed by atoms with van der Waals surface area (Å²) in [6.07, 6.45) is -4.50. The molecule has 0 radical (unpaired) electrons. The minimum absolute atomic E-state index is 0.0539. The molecular weight excluding hydrogens is 343 g/mol. The molecule has 1 aliphatic rings. The first-order valence-electron chi connectivity index (χ1n) is 6.94. The Bertz CT molecular complexity index is 860. The highest BCUT2D eigenvalue weighted by Gasteiger charge is 2.31. The Hall–Kier alpha value is -3.30. The Morgan fingerprint density at radius 2 is 1.96 bits per heavy atom. The molecule has 2 heterocycles. The maximum absolute atomic E-state index is 12.7. The van der Waals surface area contributed by atoms with E-state index in [1.807, 2.05) is 5.32 Å². The molecule has 1 aliphatic heterocycles. The zero-order valence-corrected chi connectivity index (χ0v) is 12.4. The number of carbonyl (C=O) groups excluding carboxylic acids is 3. The molecule has 4 amide bonds. The van der Waals surface area contributed by atoms with Gasteiger partial charge in [-0.1, -0.05) is 12.1 Å². The fourth-order valence-electron chi connectivity index (χ4n) is 2.17. The predicted octanol–water partition coefficient (Wildman–Crippen LogP) is 2.16. The number of carbonyl (C=O) groups is 3. The third kappa shape index (κ3) is 3.47. The highest BCUT2D eigenvalue weighted by atomic mass is 19.4. The number of furan rings is 1. The predicted molar refractivity (Wildman–Crippen MR) is 76.9 cm³/mol. The lowest BCUT2D eigenvalue weighted by molar-refractivity contribution is -0.137. The number of hydrogen-bond donors (Lipinski definition) is 2. The molecule has 0 spiro atoms. The van der Waals surface area contributed by atoms with E-state index in [1.54, 1.807) is 0 Å². The molecule has 1 aromatic heterocycles. The molecule has 2 aromatic rings. The summed E-state index contributed by atoms with van der Waals surface area (Å²) in [5.41, 5.74) is 1.46. The van der Waals surface area contributed by atoms with Gasteiger partial charge in [0.2, 0.25) is 5.91 Å². The van der Waals surface area contributed by atoms with Crippen LogP contribution >= 0.6 is 0 Å². The fourth-order valence-corrected chi connectivity index (χ4v) is 2.17. The second-order valence-electron chi connectivity index (χ2n) is 5.12. The van der Waals surface area contributed by atoms with Crippen molar-refractivity contribution in [2.24, 2.45) is 0 Å². The van der Waals surface area contributed by atoms with Gasteiger partial charge in [0.1, 0.15) is 12.3 Å². The van der Waals surface area contributed by atoms with E-state index < -0.39 is 29.6 Å².